The van der Waals surface area contributed by atoms with Crippen molar-refractivity contribution in [2.24, 2.45) is 0 Å². The predicted molar refractivity (Wildman–Crippen MR) is 82.4 cm³/mol. The zero-order valence-corrected chi connectivity index (χ0v) is 12.3. The van der Waals surface area contributed by atoms with Crippen LogP contribution in [0.1, 0.15) is 15.9 Å². The van der Waals surface area contributed by atoms with E-state index >= 15 is 0 Å². The molecular weight excluding hydrogens is 278 g/mol. The smallest absolute Gasteiger partial charge is 0.255 e. The summed E-state index contributed by atoms with van der Waals surface area (Å²) in [5, 5.41) is 3.48. The van der Waals surface area contributed by atoms with Gasteiger partial charge in [0.1, 0.15) is 0 Å². The molecule has 0 aliphatic heterocycles. The quantitative estimate of drug-likeness (QED) is 0.836. The second kappa shape index (κ2) is 6.13. The Labute approximate surface area is 122 Å². The molecule has 0 aliphatic carbocycles. The van der Waals surface area contributed by atoms with Crippen LogP contribution in [0, 0.1) is 6.92 Å². The molecule has 0 unspecified atom stereocenters. The van der Waals surface area contributed by atoms with Gasteiger partial charge in [-0.2, -0.15) is 0 Å². The summed E-state index contributed by atoms with van der Waals surface area (Å²) in [6.45, 7) is 1.93. The molecule has 0 saturated heterocycles. The standard InChI is InChI=1S/C15H14ClNOS/c1-10-3-6-12(16)9-14(10)17-15(18)11-4-7-13(19-2)8-5-11/h3-9H,1-2H3,(H,17,18). The number of nitrogens with one attached hydrogen (secondary N) is 1. The number of amides is 1. The van der Waals surface area contributed by atoms with Gasteiger partial charge in [-0.05, 0) is 55.1 Å². The monoisotopic (exact) mass is 291 g/mol. The number of halogens is 1. The molecule has 19 heavy (non-hydrogen) atoms. The van der Waals surface area contributed by atoms with Crippen molar-refractivity contribution < 1.29 is 4.79 Å². The molecule has 2 rings (SSSR count). The minimum Gasteiger partial charge on any atom is -0.322 e. The molecule has 0 aromatic heterocycles. The minimum absolute atomic E-state index is 0.127. The van der Waals surface area contributed by atoms with Crippen LogP contribution in [-0.4, -0.2) is 12.2 Å². The number of thioether (sulfide) groups is 1. The third-order valence-electron chi connectivity index (χ3n) is 2.80. The Morgan fingerprint density at radius 3 is 2.47 bits per heavy atom. The lowest BCUT2D eigenvalue weighted by molar-refractivity contribution is 0.102. The summed E-state index contributed by atoms with van der Waals surface area (Å²) in [6, 6.07) is 13.0. The van der Waals surface area contributed by atoms with Crippen molar-refractivity contribution in [2.45, 2.75) is 11.8 Å². The largest absolute Gasteiger partial charge is 0.322 e. The summed E-state index contributed by atoms with van der Waals surface area (Å²) < 4.78 is 0. The van der Waals surface area contributed by atoms with E-state index in [1.807, 2.05) is 43.5 Å². The molecule has 1 N–H and O–H groups in total. The Morgan fingerprint density at radius 2 is 1.84 bits per heavy atom. The molecule has 1 amide bonds. The second-order valence-electron chi connectivity index (χ2n) is 4.14. The highest BCUT2D eigenvalue weighted by Gasteiger charge is 2.08. The summed E-state index contributed by atoms with van der Waals surface area (Å²) in [6.07, 6.45) is 2.00. The lowest BCUT2D eigenvalue weighted by atomic mass is 10.1. The molecule has 98 valence electrons. The Hall–Kier alpha value is -1.45. The summed E-state index contributed by atoms with van der Waals surface area (Å²) in [4.78, 5) is 13.3. The molecule has 0 bridgehead atoms. The van der Waals surface area contributed by atoms with Gasteiger partial charge in [0.25, 0.3) is 5.91 Å². The Balaban J connectivity index is 2.18. The first-order valence-corrected chi connectivity index (χ1v) is 7.42. The van der Waals surface area contributed by atoms with Crippen LogP contribution in [0.15, 0.2) is 47.4 Å². The molecule has 2 aromatic carbocycles. The first kappa shape index (κ1) is 14.0. The van der Waals surface area contributed by atoms with Crippen molar-refractivity contribution in [1.82, 2.24) is 0 Å². The van der Waals surface area contributed by atoms with Gasteiger partial charge in [0.15, 0.2) is 0 Å². The highest BCUT2D eigenvalue weighted by Crippen LogP contribution is 2.21. The second-order valence-corrected chi connectivity index (χ2v) is 5.46. The Kier molecular flexibility index (Phi) is 4.51. The first-order chi connectivity index (χ1) is 9.10. The van der Waals surface area contributed by atoms with Gasteiger partial charge in [0.2, 0.25) is 0 Å². The fraction of sp³-hybridized carbons (Fsp3) is 0.133. The van der Waals surface area contributed by atoms with Crippen molar-refractivity contribution in [1.29, 1.82) is 0 Å². The van der Waals surface area contributed by atoms with Crippen molar-refractivity contribution in [2.75, 3.05) is 11.6 Å². The van der Waals surface area contributed by atoms with Crippen molar-refractivity contribution in [3.05, 3.63) is 58.6 Å². The van der Waals surface area contributed by atoms with E-state index in [0.717, 1.165) is 16.1 Å². The number of rotatable bonds is 3. The average Bonchev–Trinajstić information content (AvgIpc) is 2.43. The van der Waals surface area contributed by atoms with Gasteiger partial charge in [0.05, 0.1) is 0 Å². The van der Waals surface area contributed by atoms with Crippen LogP contribution in [0.4, 0.5) is 5.69 Å². The zero-order valence-electron chi connectivity index (χ0n) is 10.7. The molecule has 0 atom stereocenters. The molecule has 0 radical (unpaired) electrons. The average molecular weight is 292 g/mol. The van der Waals surface area contributed by atoms with Crippen molar-refractivity contribution in [3.63, 3.8) is 0 Å². The van der Waals surface area contributed by atoms with Gasteiger partial charge >= 0.3 is 0 Å². The van der Waals surface area contributed by atoms with E-state index < -0.39 is 0 Å². The maximum atomic E-state index is 12.1. The van der Waals surface area contributed by atoms with Gasteiger partial charge < -0.3 is 5.32 Å². The van der Waals surface area contributed by atoms with Crippen LogP contribution >= 0.6 is 23.4 Å². The van der Waals surface area contributed by atoms with Gasteiger partial charge in [0, 0.05) is 21.2 Å². The van der Waals surface area contributed by atoms with E-state index in [-0.39, 0.29) is 5.91 Å². The zero-order chi connectivity index (χ0) is 13.8. The molecule has 2 nitrogen and oxygen atoms in total. The van der Waals surface area contributed by atoms with Crippen LogP contribution in [0.25, 0.3) is 0 Å². The summed E-state index contributed by atoms with van der Waals surface area (Å²) in [5.41, 5.74) is 2.36. The van der Waals surface area contributed by atoms with Crippen molar-refractivity contribution >= 4 is 35.0 Å². The number of anilines is 1. The SMILES string of the molecule is CSc1ccc(C(=O)Nc2cc(Cl)ccc2C)cc1. The summed E-state index contributed by atoms with van der Waals surface area (Å²) in [5.74, 6) is -0.127. The predicted octanol–water partition coefficient (Wildman–Crippen LogP) is 4.62. The van der Waals surface area contributed by atoms with Crippen LogP contribution in [0.3, 0.4) is 0 Å². The summed E-state index contributed by atoms with van der Waals surface area (Å²) >= 11 is 7.58. The highest BCUT2D eigenvalue weighted by molar-refractivity contribution is 7.98. The molecule has 0 saturated carbocycles. The maximum Gasteiger partial charge on any atom is 0.255 e. The highest BCUT2D eigenvalue weighted by atomic mass is 35.5. The van der Waals surface area contributed by atoms with E-state index in [0.29, 0.717) is 10.6 Å². The van der Waals surface area contributed by atoms with Crippen LogP contribution < -0.4 is 5.32 Å². The topological polar surface area (TPSA) is 29.1 Å². The third kappa shape index (κ3) is 3.52. The van der Waals surface area contributed by atoms with Crippen LogP contribution in [-0.2, 0) is 0 Å². The van der Waals surface area contributed by atoms with Gasteiger partial charge in [-0.25, -0.2) is 0 Å². The normalized spacial score (nSPS) is 10.3. The van der Waals surface area contributed by atoms with Crippen LogP contribution in [0.5, 0.6) is 0 Å². The maximum absolute atomic E-state index is 12.1. The van der Waals surface area contributed by atoms with E-state index in [1.54, 1.807) is 23.9 Å². The summed E-state index contributed by atoms with van der Waals surface area (Å²) in [7, 11) is 0. The number of aryl methyl sites for hydroxylation is 1. The number of carbonyl (C=O) groups excluding carboxylic acids is 1. The van der Waals surface area contributed by atoms with E-state index in [4.69, 9.17) is 11.6 Å². The van der Waals surface area contributed by atoms with E-state index in [2.05, 4.69) is 5.32 Å². The molecule has 0 heterocycles. The lowest BCUT2D eigenvalue weighted by Gasteiger charge is -2.09. The molecule has 4 heteroatoms. The fourth-order valence-corrected chi connectivity index (χ4v) is 2.25. The molecule has 0 fully saturated rings. The molecule has 0 spiro atoms. The van der Waals surface area contributed by atoms with Crippen LogP contribution in [0.2, 0.25) is 5.02 Å². The molecule has 0 aliphatic rings. The Bertz CT molecular complexity index is 596. The number of hydrogen-bond donors (Lipinski definition) is 1. The van der Waals surface area contributed by atoms with Gasteiger partial charge in [-0.3, -0.25) is 4.79 Å². The molecule has 2 aromatic rings. The first-order valence-electron chi connectivity index (χ1n) is 5.81. The number of carbonyl (C=O) groups is 1. The minimum atomic E-state index is -0.127. The fourth-order valence-electron chi connectivity index (χ4n) is 1.67. The third-order valence-corrected chi connectivity index (χ3v) is 3.78. The lowest BCUT2D eigenvalue weighted by Crippen LogP contribution is -2.12. The number of benzene rings is 2. The van der Waals surface area contributed by atoms with Gasteiger partial charge in [-0.1, -0.05) is 17.7 Å². The van der Waals surface area contributed by atoms with Crippen molar-refractivity contribution in [3.8, 4) is 0 Å². The van der Waals surface area contributed by atoms with Gasteiger partial charge in [-0.15, -0.1) is 11.8 Å². The number of hydrogen-bond acceptors (Lipinski definition) is 2. The molecular formula is C15H14ClNOS. The van der Waals surface area contributed by atoms with E-state index in [1.165, 1.54) is 0 Å². The Morgan fingerprint density at radius 1 is 1.16 bits per heavy atom. The van der Waals surface area contributed by atoms with E-state index in [9.17, 15) is 4.79 Å².